The molecule has 134 valence electrons. The van der Waals surface area contributed by atoms with Crippen molar-refractivity contribution in [3.8, 4) is 11.8 Å². The lowest BCUT2D eigenvalue weighted by Crippen LogP contribution is -2.12. The number of benzene rings is 3. The molecular formula is C21H14Cl2N2O2. The predicted octanol–water partition coefficient (Wildman–Crippen LogP) is 5.70. The Morgan fingerprint density at radius 3 is 2.33 bits per heavy atom. The number of anilines is 1. The summed E-state index contributed by atoms with van der Waals surface area (Å²) in [6.45, 7) is 0.194. The molecule has 0 atom stereocenters. The van der Waals surface area contributed by atoms with Crippen molar-refractivity contribution in [2.45, 2.75) is 6.61 Å². The van der Waals surface area contributed by atoms with E-state index in [-0.39, 0.29) is 12.5 Å². The number of ether oxygens (including phenoxy) is 1. The Kier molecular flexibility index (Phi) is 5.97. The molecule has 1 amide bonds. The van der Waals surface area contributed by atoms with E-state index in [0.717, 1.165) is 0 Å². The Hall–Kier alpha value is -3.00. The van der Waals surface area contributed by atoms with Crippen molar-refractivity contribution in [2.24, 2.45) is 0 Å². The first-order chi connectivity index (χ1) is 13.1. The number of nitriles is 1. The second-order valence-corrected chi connectivity index (χ2v) is 6.47. The van der Waals surface area contributed by atoms with E-state index in [2.05, 4.69) is 5.32 Å². The average Bonchev–Trinajstić information content (AvgIpc) is 2.68. The average molecular weight is 397 g/mol. The van der Waals surface area contributed by atoms with E-state index in [4.69, 9.17) is 33.2 Å². The van der Waals surface area contributed by atoms with Crippen molar-refractivity contribution in [3.05, 3.63) is 93.5 Å². The summed E-state index contributed by atoms with van der Waals surface area (Å²) in [4.78, 5) is 12.4. The maximum absolute atomic E-state index is 12.4. The van der Waals surface area contributed by atoms with Gasteiger partial charge in [0.1, 0.15) is 12.4 Å². The van der Waals surface area contributed by atoms with Gasteiger partial charge in [-0.05, 0) is 54.6 Å². The molecule has 3 aromatic rings. The zero-order valence-corrected chi connectivity index (χ0v) is 15.6. The van der Waals surface area contributed by atoms with Gasteiger partial charge in [-0.1, -0.05) is 35.3 Å². The van der Waals surface area contributed by atoms with Crippen molar-refractivity contribution >= 4 is 34.8 Å². The summed E-state index contributed by atoms with van der Waals surface area (Å²) in [5.74, 6) is 0.249. The van der Waals surface area contributed by atoms with Gasteiger partial charge in [-0.25, -0.2) is 0 Å². The van der Waals surface area contributed by atoms with Gasteiger partial charge in [0.25, 0.3) is 5.91 Å². The molecule has 4 nitrogen and oxygen atoms in total. The van der Waals surface area contributed by atoms with Crippen LogP contribution in [0.3, 0.4) is 0 Å². The van der Waals surface area contributed by atoms with E-state index in [1.165, 1.54) is 0 Å². The summed E-state index contributed by atoms with van der Waals surface area (Å²) in [6.07, 6.45) is 0. The third kappa shape index (κ3) is 4.79. The second kappa shape index (κ2) is 8.59. The minimum Gasteiger partial charge on any atom is -0.489 e. The highest BCUT2D eigenvalue weighted by atomic mass is 35.5. The normalized spacial score (nSPS) is 10.1. The van der Waals surface area contributed by atoms with Gasteiger partial charge in [-0.3, -0.25) is 4.79 Å². The third-order valence-corrected chi connectivity index (χ3v) is 4.52. The van der Waals surface area contributed by atoms with Crippen LogP contribution in [-0.4, -0.2) is 5.91 Å². The summed E-state index contributed by atoms with van der Waals surface area (Å²) in [7, 11) is 0. The van der Waals surface area contributed by atoms with Crippen LogP contribution in [0.15, 0.2) is 66.7 Å². The van der Waals surface area contributed by atoms with Gasteiger partial charge in [0.15, 0.2) is 0 Å². The van der Waals surface area contributed by atoms with Crippen LogP contribution in [0.1, 0.15) is 21.5 Å². The number of amides is 1. The minimum absolute atomic E-state index is 0.194. The zero-order chi connectivity index (χ0) is 19.2. The highest BCUT2D eigenvalue weighted by Gasteiger charge is 2.10. The number of hydrogen-bond donors (Lipinski definition) is 1. The molecule has 0 fully saturated rings. The number of rotatable bonds is 5. The molecule has 1 N–H and O–H groups in total. The maximum atomic E-state index is 12.4. The molecule has 0 spiro atoms. The van der Waals surface area contributed by atoms with Crippen LogP contribution >= 0.6 is 23.2 Å². The molecule has 27 heavy (non-hydrogen) atoms. The van der Waals surface area contributed by atoms with Gasteiger partial charge in [-0.15, -0.1) is 0 Å². The van der Waals surface area contributed by atoms with Gasteiger partial charge >= 0.3 is 0 Å². The predicted molar refractivity (Wildman–Crippen MR) is 106 cm³/mol. The highest BCUT2D eigenvalue weighted by Crippen LogP contribution is 2.26. The second-order valence-electron chi connectivity index (χ2n) is 5.66. The Bertz CT molecular complexity index is 991. The van der Waals surface area contributed by atoms with Gasteiger partial charge in [0.05, 0.1) is 11.6 Å². The monoisotopic (exact) mass is 396 g/mol. The Balaban J connectivity index is 1.69. The topological polar surface area (TPSA) is 62.1 Å². The molecule has 0 aliphatic heterocycles. The standard InChI is InChI=1S/C21H14Cl2N2O2/c22-19-5-2-6-20(23)18(19)13-27-17-4-1-3-15(11-17)21(26)25-16-9-7-14(12-24)8-10-16/h1-11H,13H2,(H,25,26). The molecule has 6 heteroatoms. The van der Waals surface area contributed by atoms with Crippen LogP contribution in [0.5, 0.6) is 5.75 Å². The van der Waals surface area contributed by atoms with Gasteiger partial charge in [-0.2, -0.15) is 5.26 Å². The fourth-order valence-corrected chi connectivity index (χ4v) is 2.89. The minimum atomic E-state index is -0.277. The lowest BCUT2D eigenvalue weighted by Gasteiger charge is -2.11. The first kappa shape index (κ1) is 18.8. The molecule has 0 saturated heterocycles. The fraction of sp³-hybridized carbons (Fsp3) is 0.0476. The molecule has 0 unspecified atom stereocenters. The Morgan fingerprint density at radius 1 is 1.00 bits per heavy atom. The van der Waals surface area contributed by atoms with Crippen molar-refractivity contribution < 1.29 is 9.53 Å². The Morgan fingerprint density at radius 2 is 1.67 bits per heavy atom. The number of hydrogen-bond acceptors (Lipinski definition) is 3. The molecule has 0 aromatic heterocycles. The van der Waals surface area contributed by atoms with E-state index in [0.29, 0.717) is 38.2 Å². The summed E-state index contributed by atoms with van der Waals surface area (Å²) < 4.78 is 5.74. The van der Waals surface area contributed by atoms with E-state index >= 15 is 0 Å². The highest BCUT2D eigenvalue weighted by molar-refractivity contribution is 6.35. The molecule has 0 heterocycles. The van der Waals surface area contributed by atoms with Crippen molar-refractivity contribution in [1.29, 1.82) is 5.26 Å². The lowest BCUT2D eigenvalue weighted by atomic mass is 10.2. The summed E-state index contributed by atoms with van der Waals surface area (Å²) >= 11 is 12.3. The molecule has 3 aromatic carbocycles. The summed E-state index contributed by atoms with van der Waals surface area (Å²) in [5.41, 5.74) is 2.27. The summed E-state index contributed by atoms with van der Waals surface area (Å²) in [6, 6.07) is 20.7. The number of halogens is 2. The maximum Gasteiger partial charge on any atom is 0.255 e. The summed E-state index contributed by atoms with van der Waals surface area (Å²) in [5, 5.41) is 12.7. The van der Waals surface area contributed by atoms with E-state index in [1.807, 2.05) is 6.07 Å². The van der Waals surface area contributed by atoms with Crippen LogP contribution in [0.4, 0.5) is 5.69 Å². The molecule has 0 radical (unpaired) electrons. The zero-order valence-electron chi connectivity index (χ0n) is 14.1. The van der Waals surface area contributed by atoms with Gasteiger partial charge < -0.3 is 10.1 Å². The van der Waals surface area contributed by atoms with Crippen molar-refractivity contribution in [2.75, 3.05) is 5.32 Å². The molecule has 0 aliphatic rings. The Labute approximate surface area is 166 Å². The number of carbonyl (C=O) groups excluding carboxylic acids is 1. The number of nitrogens with one attached hydrogen (secondary N) is 1. The molecule has 0 saturated carbocycles. The number of carbonyl (C=O) groups is 1. The van der Waals surface area contributed by atoms with Crippen molar-refractivity contribution in [1.82, 2.24) is 0 Å². The molecule has 0 aliphatic carbocycles. The SMILES string of the molecule is N#Cc1ccc(NC(=O)c2cccc(OCc3c(Cl)cccc3Cl)c2)cc1. The van der Waals surface area contributed by atoms with Gasteiger partial charge in [0, 0.05) is 26.9 Å². The van der Waals surface area contributed by atoms with E-state index in [1.54, 1.807) is 66.7 Å². The molecular weight excluding hydrogens is 383 g/mol. The third-order valence-electron chi connectivity index (χ3n) is 3.81. The van der Waals surface area contributed by atoms with E-state index < -0.39 is 0 Å². The first-order valence-electron chi connectivity index (χ1n) is 8.04. The number of nitrogens with zero attached hydrogens (tertiary/aromatic N) is 1. The van der Waals surface area contributed by atoms with E-state index in [9.17, 15) is 4.79 Å². The van der Waals surface area contributed by atoms with Crippen LogP contribution < -0.4 is 10.1 Å². The largest absolute Gasteiger partial charge is 0.489 e. The molecule has 0 bridgehead atoms. The smallest absolute Gasteiger partial charge is 0.255 e. The van der Waals surface area contributed by atoms with Crippen LogP contribution in [0.25, 0.3) is 0 Å². The van der Waals surface area contributed by atoms with Crippen LogP contribution in [0.2, 0.25) is 10.0 Å². The molecule has 3 rings (SSSR count). The van der Waals surface area contributed by atoms with Gasteiger partial charge in [0.2, 0.25) is 0 Å². The van der Waals surface area contributed by atoms with Crippen molar-refractivity contribution in [3.63, 3.8) is 0 Å². The fourth-order valence-electron chi connectivity index (χ4n) is 2.38. The van der Waals surface area contributed by atoms with Crippen LogP contribution in [-0.2, 0) is 6.61 Å². The van der Waals surface area contributed by atoms with Crippen LogP contribution in [0, 0.1) is 11.3 Å². The first-order valence-corrected chi connectivity index (χ1v) is 8.79. The quantitative estimate of drug-likeness (QED) is 0.601. The lowest BCUT2D eigenvalue weighted by molar-refractivity contribution is 0.102.